The second-order valence-corrected chi connectivity index (χ2v) is 9.78. The molecule has 0 saturated heterocycles. The van der Waals surface area contributed by atoms with Gasteiger partial charge < -0.3 is 9.47 Å². The molecule has 1 aliphatic rings. The van der Waals surface area contributed by atoms with Crippen LogP contribution in [0.25, 0.3) is 0 Å². The number of carbonyl (C=O) groups is 2. The topological polar surface area (TPSA) is 123 Å². The summed E-state index contributed by atoms with van der Waals surface area (Å²) in [4.78, 5) is 25.7. The van der Waals surface area contributed by atoms with E-state index in [1.165, 1.54) is 23.5 Å². The van der Waals surface area contributed by atoms with Crippen molar-refractivity contribution >= 4 is 33.2 Å². The van der Waals surface area contributed by atoms with Gasteiger partial charge in [0, 0.05) is 30.3 Å². The fourth-order valence-electron chi connectivity index (χ4n) is 2.93. The van der Waals surface area contributed by atoms with Crippen molar-refractivity contribution in [3.8, 4) is 11.5 Å². The van der Waals surface area contributed by atoms with E-state index in [0.717, 1.165) is 16.9 Å². The summed E-state index contributed by atoms with van der Waals surface area (Å²) >= 11 is 1.37. The third-order valence-corrected chi connectivity index (χ3v) is 7.39. The van der Waals surface area contributed by atoms with Crippen LogP contribution in [-0.4, -0.2) is 40.0 Å². The van der Waals surface area contributed by atoms with Gasteiger partial charge in [0.05, 0.1) is 23.0 Å². The number of aryl methyl sites for hydroxylation is 2. The lowest BCUT2D eigenvalue weighted by atomic mass is 10.2. The second-order valence-electron chi connectivity index (χ2n) is 6.88. The summed E-state index contributed by atoms with van der Waals surface area (Å²) in [6.45, 7) is 4.77. The maximum absolute atomic E-state index is 12.5. The minimum absolute atomic E-state index is 0.0188. The molecule has 1 aliphatic heterocycles. The smallest absolute Gasteiger partial charge is 0.279 e. The van der Waals surface area contributed by atoms with E-state index in [2.05, 4.69) is 15.6 Å². The first-order valence-electron chi connectivity index (χ1n) is 9.88. The molecule has 31 heavy (non-hydrogen) atoms. The van der Waals surface area contributed by atoms with Crippen molar-refractivity contribution in [1.82, 2.24) is 15.6 Å². The number of thiophene rings is 1. The Balaban J connectivity index is 1.48. The molecule has 0 unspecified atom stereocenters. The highest BCUT2D eigenvalue weighted by molar-refractivity contribution is 7.89. The van der Waals surface area contributed by atoms with E-state index in [4.69, 9.17) is 9.47 Å². The summed E-state index contributed by atoms with van der Waals surface area (Å²) in [6.07, 6.45) is 1.40. The lowest BCUT2D eigenvalue weighted by Gasteiger charge is -2.11. The quantitative estimate of drug-likeness (QED) is 0.535. The van der Waals surface area contributed by atoms with Crippen LogP contribution in [0.1, 0.15) is 39.9 Å². The zero-order chi connectivity index (χ0) is 22.4. The predicted octanol–water partition coefficient (Wildman–Crippen LogP) is 1.91. The maximum atomic E-state index is 12.5. The molecule has 0 bridgehead atoms. The van der Waals surface area contributed by atoms with Crippen molar-refractivity contribution in [1.29, 1.82) is 0 Å². The molecule has 2 aromatic rings. The molecule has 2 heterocycles. The largest absolute Gasteiger partial charge is 0.490 e. The van der Waals surface area contributed by atoms with Crippen molar-refractivity contribution in [2.24, 2.45) is 0 Å². The number of carbonyl (C=O) groups excluding carboxylic acids is 2. The molecule has 2 amide bonds. The highest BCUT2D eigenvalue weighted by Crippen LogP contribution is 2.31. The van der Waals surface area contributed by atoms with Gasteiger partial charge >= 0.3 is 0 Å². The van der Waals surface area contributed by atoms with E-state index in [1.807, 2.05) is 13.8 Å². The van der Waals surface area contributed by atoms with E-state index >= 15 is 0 Å². The fourth-order valence-corrected chi connectivity index (χ4v) is 4.98. The molecule has 1 aromatic heterocycles. The van der Waals surface area contributed by atoms with Gasteiger partial charge in [-0.3, -0.25) is 20.4 Å². The minimum Gasteiger partial charge on any atom is -0.490 e. The molecule has 3 N–H and O–H groups in total. The van der Waals surface area contributed by atoms with Crippen molar-refractivity contribution < 1.29 is 27.5 Å². The molecule has 0 saturated carbocycles. The molecular formula is C20H25N3O6S2. The van der Waals surface area contributed by atoms with Crippen molar-refractivity contribution in [2.45, 2.75) is 38.0 Å². The minimum atomic E-state index is -3.83. The second kappa shape index (κ2) is 10.1. The Hall–Kier alpha value is -2.63. The Kier molecular flexibility index (Phi) is 7.52. The van der Waals surface area contributed by atoms with Crippen LogP contribution in [0.3, 0.4) is 0 Å². The molecule has 168 valence electrons. The number of nitrogens with one attached hydrogen (secondary N) is 3. The van der Waals surface area contributed by atoms with Crippen molar-refractivity contribution in [3.63, 3.8) is 0 Å². The Morgan fingerprint density at radius 3 is 2.55 bits per heavy atom. The number of sulfonamides is 1. The third-order valence-electron chi connectivity index (χ3n) is 4.55. The lowest BCUT2D eigenvalue weighted by Crippen LogP contribution is -2.42. The number of hydrogen-bond donors (Lipinski definition) is 3. The predicted molar refractivity (Wildman–Crippen MR) is 116 cm³/mol. The number of ether oxygens (including phenoxy) is 2. The van der Waals surface area contributed by atoms with Crippen LogP contribution >= 0.6 is 11.3 Å². The zero-order valence-electron chi connectivity index (χ0n) is 17.3. The van der Waals surface area contributed by atoms with Gasteiger partial charge in [-0.2, -0.15) is 0 Å². The number of hydrazine groups is 1. The van der Waals surface area contributed by atoms with Crippen LogP contribution in [0.2, 0.25) is 0 Å². The van der Waals surface area contributed by atoms with Gasteiger partial charge in [0.2, 0.25) is 15.9 Å². The molecule has 0 spiro atoms. The number of hydrogen-bond acceptors (Lipinski definition) is 7. The average Bonchev–Trinajstić information content (AvgIpc) is 2.96. The number of amides is 2. The summed E-state index contributed by atoms with van der Waals surface area (Å²) in [6, 6.07) is 6.14. The number of rotatable bonds is 7. The van der Waals surface area contributed by atoms with Crippen molar-refractivity contribution in [3.05, 3.63) is 39.6 Å². The first-order valence-corrected chi connectivity index (χ1v) is 12.2. The van der Waals surface area contributed by atoms with Gasteiger partial charge in [-0.1, -0.05) is 6.92 Å². The Morgan fingerprint density at radius 1 is 1.10 bits per heavy atom. The standard InChI is InChI=1S/C20H25N3O6S2/c1-3-17-13(2)11-18(30-17)20(25)23-22-19(24)7-8-21-31(26,27)14-5-6-15-16(12-14)29-10-4-9-28-15/h5-6,11-12,21H,3-4,7-10H2,1-2H3,(H,22,24)(H,23,25). The van der Waals surface area contributed by atoms with Crippen LogP contribution in [0, 0.1) is 6.92 Å². The van der Waals surface area contributed by atoms with Crippen LogP contribution in [-0.2, 0) is 21.2 Å². The normalized spacial score (nSPS) is 13.4. The van der Waals surface area contributed by atoms with Gasteiger partial charge in [-0.25, -0.2) is 13.1 Å². The first-order chi connectivity index (χ1) is 14.8. The van der Waals surface area contributed by atoms with Gasteiger partial charge in [0.1, 0.15) is 0 Å². The van der Waals surface area contributed by atoms with Crippen LogP contribution in [0.15, 0.2) is 29.2 Å². The Bertz CT molecular complexity index is 1060. The summed E-state index contributed by atoms with van der Waals surface area (Å²) in [5.74, 6) is -0.0536. The highest BCUT2D eigenvalue weighted by atomic mass is 32.2. The third kappa shape index (κ3) is 5.96. The number of fused-ring (bicyclic) bond motifs is 1. The molecule has 11 heteroatoms. The Labute approximate surface area is 185 Å². The molecule has 1 aromatic carbocycles. The highest BCUT2D eigenvalue weighted by Gasteiger charge is 2.19. The van der Waals surface area contributed by atoms with Crippen LogP contribution in [0.5, 0.6) is 11.5 Å². The summed E-state index contributed by atoms with van der Waals surface area (Å²) in [5, 5.41) is 0. The molecule has 0 radical (unpaired) electrons. The zero-order valence-corrected chi connectivity index (χ0v) is 19.0. The van der Waals surface area contributed by atoms with Crippen LogP contribution < -0.4 is 25.0 Å². The lowest BCUT2D eigenvalue weighted by molar-refractivity contribution is -0.121. The molecule has 0 atom stereocenters. The maximum Gasteiger partial charge on any atom is 0.279 e. The van der Waals surface area contributed by atoms with E-state index in [-0.39, 0.29) is 17.9 Å². The monoisotopic (exact) mass is 467 g/mol. The van der Waals surface area contributed by atoms with Gasteiger partial charge in [0.25, 0.3) is 5.91 Å². The summed E-state index contributed by atoms with van der Waals surface area (Å²) in [5.41, 5.74) is 5.68. The van der Waals surface area contributed by atoms with Crippen molar-refractivity contribution in [2.75, 3.05) is 19.8 Å². The van der Waals surface area contributed by atoms with Gasteiger partial charge in [-0.15, -0.1) is 11.3 Å². The summed E-state index contributed by atoms with van der Waals surface area (Å²) < 4.78 is 38.4. The van der Waals surface area contributed by atoms with E-state index in [0.29, 0.717) is 36.0 Å². The average molecular weight is 468 g/mol. The Morgan fingerprint density at radius 2 is 1.84 bits per heavy atom. The van der Waals surface area contributed by atoms with Gasteiger partial charge in [0.15, 0.2) is 11.5 Å². The molecule has 0 aliphatic carbocycles. The molecule has 0 fully saturated rings. The van der Waals surface area contributed by atoms with E-state index in [9.17, 15) is 18.0 Å². The van der Waals surface area contributed by atoms with E-state index < -0.39 is 21.8 Å². The van der Waals surface area contributed by atoms with Crippen LogP contribution in [0.4, 0.5) is 0 Å². The number of benzene rings is 1. The molecule has 9 nitrogen and oxygen atoms in total. The SMILES string of the molecule is CCc1sc(C(=O)NNC(=O)CCNS(=O)(=O)c2ccc3c(c2)OCCCO3)cc1C. The van der Waals surface area contributed by atoms with Gasteiger partial charge in [-0.05, 0) is 37.1 Å². The first kappa shape index (κ1) is 23.0. The molecular weight excluding hydrogens is 442 g/mol. The fraction of sp³-hybridized carbons (Fsp3) is 0.400. The molecule has 3 rings (SSSR count). The summed E-state index contributed by atoms with van der Waals surface area (Å²) in [7, 11) is -3.83. The van der Waals surface area contributed by atoms with E-state index in [1.54, 1.807) is 12.1 Å².